The van der Waals surface area contributed by atoms with Gasteiger partial charge in [-0.3, -0.25) is 0 Å². The molecule has 0 aliphatic carbocycles. The summed E-state index contributed by atoms with van der Waals surface area (Å²) in [6, 6.07) is 0.994. The molecule has 1 saturated heterocycles. The third-order valence-corrected chi connectivity index (χ3v) is 3.49. The van der Waals surface area contributed by atoms with Gasteiger partial charge < -0.3 is 15.5 Å². The van der Waals surface area contributed by atoms with Crippen molar-refractivity contribution in [2.75, 3.05) is 33.2 Å². The van der Waals surface area contributed by atoms with E-state index in [0.29, 0.717) is 18.0 Å². The van der Waals surface area contributed by atoms with Crippen LogP contribution in [-0.2, 0) is 0 Å². The van der Waals surface area contributed by atoms with E-state index >= 15 is 0 Å². The molecule has 0 bridgehead atoms. The molecule has 84 valence electrons. The van der Waals surface area contributed by atoms with E-state index < -0.39 is 0 Å². The first kappa shape index (κ1) is 12.0. The minimum atomic E-state index is 0.310. The smallest absolute Gasteiger partial charge is 0.0192 e. The van der Waals surface area contributed by atoms with Gasteiger partial charge in [-0.05, 0) is 26.8 Å². The number of nitrogens with zero attached hydrogens (tertiary/aromatic N) is 2. The predicted octanol–water partition coefficient (Wildman–Crippen LogP) is 0.606. The van der Waals surface area contributed by atoms with Crippen LogP contribution in [0, 0.1) is 5.92 Å². The summed E-state index contributed by atoms with van der Waals surface area (Å²) in [4.78, 5) is 4.96. The Kier molecular flexibility index (Phi) is 4.35. The maximum absolute atomic E-state index is 5.88. The normalized spacial score (nSPS) is 30.2. The fraction of sp³-hybridized carbons (Fsp3) is 1.00. The number of piperazine rings is 1. The van der Waals surface area contributed by atoms with Gasteiger partial charge >= 0.3 is 0 Å². The van der Waals surface area contributed by atoms with Crippen LogP contribution in [0.25, 0.3) is 0 Å². The molecule has 1 heterocycles. The summed E-state index contributed by atoms with van der Waals surface area (Å²) in [7, 11) is 2.21. The standard InChI is InChI=1S/C11H25N3/c1-9(11(3)12)7-14-6-5-13(4)10(2)8-14/h9-11H,5-8,12H2,1-4H3. The molecule has 3 unspecified atom stereocenters. The predicted molar refractivity (Wildman–Crippen MR) is 61.3 cm³/mol. The average Bonchev–Trinajstić information content (AvgIpc) is 2.11. The highest BCUT2D eigenvalue weighted by atomic mass is 15.3. The number of likely N-dealkylation sites (N-methyl/N-ethyl adjacent to an activating group) is 1. The minimum absolute atomic E-state index is 0.310. The van der Waals surface area contributed by atoms with Crippen LogP contribution in [0.15, 0.2) is 0 Å². The highest BCUT2D eigenvalue weighted by molar-refractivity contribution is 4.79. The molecule has 1 aliphatic heterocycles. The van der Waals surface area contributed by atoms with E-state index in [2.05, 4.69) is 37.6 Å². The molecule has 2 N–H and O–H groups in total. The number of hydrogen-bond donors (Lipinski definition) is 1. The van der Waals surface area contributed by atoms with Gasteiger partial charge in [0.25, 0.3) is 0 Å². The number of hydrogen-bond acceptors (Lipinski definition) is 3. The van der Waals surface area contributed by atoms with E-state index in [1.807, 2.05) is 0 Å². The van der Waals surface area contributed by atoms with E-state index in [4.69, 9.17) is 5.73 Å². The lowest BCUT2D eigenvalue weighted by Crippen LogP contribution is -2.51. The molecule has 0 radical (unpaired) electrons. The summed E-state index contributed by atoms with van der Waals surface area (Å²) in [6.07, 6.45) is 0. The van der Waals surface area contributed by atoms with Crippen molar-refractivity contribution in [2.45, 2.75) is 32.9 Å². The summed E-state index contributed by atoms with van der Waals surface area (Å²) in [5.74, 6) is 0.602. The van der Waals surface area contributed by atoms with E-state index in [1.165, 1.54) is 19.6 Å². The zero-order chi connectivity index (χ0) is 10.7. The Morgan fingerprint density at radius 3 is 2.50 bits per heavy atom. The summed E-state index contributed by atoms with van der Waals surface area (Å²) < 4.78 is 0. The highest BCUT2D eigenvalue weighted by Gasteiger charge is 2.22. The van der Waals surface area contributed by atoms with Gasteiger partial charge in [0.15, 0.2) is 0 Å². The third kappa shape index (κ3) is 3.23. The Morgan fingerprint density at radius 1 is 1.36 bits per heavy atom. The van der Waals surface area contributed by atoms with Crippen LogP contribution >= 0.6 is 0 Å². The fourth-order valence-electron chi connectivity index (χ4n) is 1.86. The zero-order valence-electron chi connectivity index (χ0n) is 10.0. The SMILES string of the molecule is CC(N)C(C)CN1CCN(C)C(C)C1. The van der Waals surface area contributed by atoms with Gasteiger partial charge in [0.05, 0.1) is 0 Å². The summed E-state index contributed by atoms with van der Waals surface area (Å²) in [5.41, 5.74) is 5.88. The quantitative estimate of drug-likeness (QED) is 0.723. The van der Waals surface area contributed by atoms with Crippen LogP contribution in [0.2, 0.25) is 0 Å². The molecule has 0 aromatic heterocycles. The van der Waals surface area contributed by atoms with Crippen molar-refractivity contribution < 1.29 is 0 Å². The number of nitrogens with two attached hydrogens (primary N) is 1. The Hall–Kier alpha value is -0.120. The van der Waals surface area contributed by atoms with Crippen LogP contribution in [0.3, 0.4) is 0 Å². The molecule has 3 nitrogen and oxygen atoms in total. The zero-order valence-corrected chi connectivity index (χ0v) is 10.0. The van der Waals surface area contributed by atoms with Crippen LogP contribution in [0.1, 0.15) is 20.8 Å². The molecule has 1 aliphatic rings. The summed E-state index contributed by atoms with van der Waals surface area (Å²) in [6.45, 7) is 11.4. The molecule has 0 saturated carbocycles. The molecule has 3 atom stereocenters. The monoisotopic (exact) mass is 199 g/mol. The second-order valence-corrected chi connectivity index (χ2v) is 4.93. The van der Waals surface area contributed by atoms with Crippen molar-refractivity contribution in [1.82, 2.24) is 9.80 Å². The van der Waals surface area contributed by atoms with Crippen molar-refractivity contribution in [3.63, 3.8) is 0 Å². The fourth-order valence-corrected chi connectivity index (χ4v) is 1.86. The molecule has 3 heteroatoms. The van der Waals surface area contributed by atoms with E-state index in [1.54, 1.807) is 0 Å². The van der Waals surface area contributed by atoms with Crippen molar-refractivity contribution in [3.05, 3.63) is 0 Å². The highest BCUT2D eigenvalue weighted by Crippen LogP contribution is 2.10. The van der Waals surface area contributed by atoms with Crippen LogP contribution in [0.5, 0.6) is 0 Å². The van der Waals surface area contributed by atoms with Crippen molar-refractivity contribution in [1.29, 1.82) is 0 Å². The van der Waals surface area contributed by atoms with E-state index in [0.717, 1.165) is 6.54 Å². The molecule has 1 fully saturated rings. The lowest BCUT2D eigenvalue weighted by Gasteiger charge is -2.39. The Bertz CT molecular complexity index is 170. The van der Waals surface area contributed by atoms with E-state index in [9.17, 15) is 0 Å². The molecule has 0 aromatic carbocycles. The molecule has 0 aromatic rings. The van der Waals surface area contributed by atoms with Gasteiger partial charge in [0.2, 0.25) is 0 Å². The van der Waals surface area contributed by atoms with Crippen molar-refractivity contribution >= 4 is 0 Å². The van der Waals surface area contributed by atoms with Gasteiger partial charge in [-0.15, -0.1) is 0 Å². The van der Waals surface area contributed by atoms with Gasteiger partial charge in [0, 0.05) is 38.3 Å². The van der Waals surface area contributed by atoms with Gasteiger partial charge in [-0.25, -0.2) is 0 Å². The van der Waals surface area contributed by atoms with Crippen molar-refractivity contribution in [2.24, 2.45) is 11.7 Å². The van der Waals surface area contributed by atoms with Crippen LogP contribution < -0.4 is 5.73 Å². The first-order valence-corrected chi connectivity index (χ1v) is 5.69. The molecular weight excluding hydrogens is 174 g/mol. The maximum atomic E-state index is 5.88. The Balaban J connectivity index is 2.33. The van der Waals surface area contributed by atoms with Gasteiger partial charge in [-0.1, -0.05) is 6.92 Å². The lowest BCUT2D eigenvalue weighted by atomic mass is 10.0. The second-order valence-electron chi connectivity index (χ2n) is 4.93. The summed E-state index contributed by atoms with van der Waals surface area (Å²) >= 11 is 0. The van der Waals surface area contributed by atoms with Crippen LogP contribution in [0.4, 0.5) is 0 Å². The maximum Gasteiger partial charge on any atom is 0.0192 e. The molecule has 0 spiro atoms. The first-order chi connectivity index (χ1) is 6.50. The van der Waals surface area contributed by atoms with Crippen LogP contribution in [-0.4, -0.2) is 55.1 Å². The molecule has 0 amide bonds. The minimum Gasteiger partial charge on any atom is -0.328 e. The second kappa shape index (κ2) is 5.10. The molecular formula is C11H25N3. The third-order valence-electron chi connectivity index (χ3n) is 3.49. The Labute approximate surface area is 88.2 Å². The lowest BCUT2D eigenvalue weighted by molar-refractivity contribution is 0.0916. The molecule has 14 heavy (non-hydrogen) atoms. The largest absolute Gasteiger partial charge is 0.328 e. The van der Waals surface area contributed by atoms with Crippen molar-refractivity contribution in [3.8, 4) is 0 Å². The first-order valence-electron chi connectivity index (χ1n) is 5.69. The topological polar surface area (TPSA) is 32.5 Å². The number of rotatable bonds is 3. The van der Waals surface area contributed by atoms with Gasteiger partial charge in [-0.2, -0.15) is 0 Å². The Morgan fingerprint density at radius 2 is 2.00 bits per heavy atom. The van der Waals surface area contributed by atoms with Gasteiger partial charge in [0.1, 0.15) is 0 Å². The van der Waals surface area contributed by atoms with E-state index in [-0.39, 0.29) is 0 Å². The average molecular weight is 199 g/mol. The molecule has 1 rings (SSSR count). The summed E-state index contributed by atoms with van der Waals surface area (Å²) in [5, 5.41) is 0.